The van der Waals surface area contributed by atoms with Gasteiger partial charge in [-0.15, -0.1) is 0 Å². The smallest absolute Gasteiger partial charge is 0.325 e. The van der Waals surface area contributed by atoms with Gasteiger partial charge >= 0.3 is 6.03 Å². The third-order valence-corrected chi connectivity index (χ3v) is 4.80. The van der Waals surface area contributed by atoms with Crippen LogP contribution in [0, 0.1) is 11.8 Å². The van der Waals surface area contributed by atoms with Crippen LogP contribution in [0.3, 0.4) is 0 Å². The quantitative estimate of drug-likeness (QED) is 0.769. The summed E-state index contributed by atoms with van der Waals surface area (Å²) < 4.78 is 0. The number of imide groups is 1. The van der Waals surface area contributed by atoms with E-state index >= 15 is 0 Å². The van der Waals surface area contributed by atoms with Gasteiger partial charge in [-0.05, 0) is 32.1 Å². The van der Waals surface area contributed by atoms with E-state index in [1.807, 2.05) is 0 Å². The highest BCUT2D eigenvalue weighted by Crippen LogP contribution is 2.29. The Morgan fingerprint density at radius 1 is 1.33 bits per heavy atom. The fraction of sp³-hybridized carbons (Fsp3) is 0.800. The van der Waals surface area contributed by atoms with Gasteiger partial charge in [-0.3, -0.25) is 14.5 Å². The molecule has 118 valence electrons. The number of urea groups is 1. The number of hydrogen-bond acceptors (Lipinski definition) is 3. The lowest BCUT2D eigenvalue weighted by molar-refractivity contribution is -0.134. The molecule has 1 aliphatic carbocycles. The molecule has 2 N–H and O–H groups in total. The van der Waals surface area contributed by atoms with Crippen molar-refractivity contribution in [3.8, 4) is 0 Å². The Labute approximate surface area is 125 Å². The first kappa shape index (κ1) is 15.8. The highest BCUT2D eigenvalue weighted by Gasteiger charge is 2.45. The fourth-order valence-corrected chi connectivity index (χ4v) is 3.14. The summed E-state index contributed by atoms with van der Waals surface area (Å²) in [5.41, 5.74) is -0.927. The molecule has 2 fully saturated rings. The van der Waals surface area contributed by atoms with Gasteiger partial charge in [0.05, 0.1) is 0 Å². The first-order valence-electron chi connectivity index (χ1n) is 7.66. The maximum absolute atomic E-state index is 12.1. The van der Waals surface area contributed by atoms with Crippen molar-refractivity contribution >= 4 is 17.8 Å². The number of amides is 4. The van der Waals surface area contributed by atoms with Crippen LogP contribution in [-0.4, -0.2) is 40.9 Å². The number of nitrogens with one attached hydrogen (secondary N) is 2. The van der Waals surface area contributed by atoms with Crippen LogP contribution in [0.4, 0.5) is 4.79 Å². The van der Waals surface area contributed by atoms with Crippen LogP contribution < -0.4 is 10.6 Å². The molecule has 0 unspecified atom stereocenters. The summed E-state index contributed by atoms with van der Waals surface area (Å²) in [4.78, 5) is 36.9. The molecule has 1 heterocycles. The molecule has 3 atom stereocenters. The zero-order chi connectivity index (χ0) is 15.8. The van der Waals surface area contributed by atoms with E-state index < -0.39 is 11.6 Å². The highest BCUT2D eigenvalue weighted by molar-refractivity contribution is 6.08. The van der Waals surface area contributed by atoms with Gasteiger partial charge in [0, 0.05) is 6.04 Å². The van der Waals surface area contributed by atoms with E-state index in [1.54, 1.807) is 13.8 Å². The van der Waals surface area contributed by atoms with Crippen LogP contribution in [0.15, 0.2) is 0 Å². The lowest BCUT2D eigenvalue weighted by Gasteiger charge is -2.34. The van der Waals surface area contributed by atoms with Crippen molar-refractivity contribution in [3.63, 3.8) is 0 Å². The molecule has 0 aromatic heterocycles. The zero-order valence-corrected chi connectivity index (χ0v) is 13.2. The Bertz CT molecular complexity index is 461. The first-order chi connectivity index (χ1) is 9.72. The van der Waals surface area contributed by atoms with Crippen LogP contribution in [0.25, 0.3) is 0 Å². The van der Waals surface area contributed by atoms with Gasteiger partial charge in [0.2, 0.25) is 5.91 Å². The van der Waals surface area contributed by atoms with Crippen LogP contribution in [0.1, 0.15) is 47.0 Å². The standard InChI is InChI=1S/C15H25N3O3/c1-9-6-5-7-11(10(9)2)16-12(19)8-18-13(20)15(3,4)17-14(18)21/h9-11H,5-8H2,1-4H3,(H,16,19)(H,17,21)/t9-,10-,11-/m1/s1. The minimum atomic E-state index is -0.927. The molecule has 2 aliphatic rings. The lowest BCUT2D eigenvalue weighted by Crippen LogP contribution is -2.48. The largest absolute Gasteiger partial charge is 0.352 e. The van der Waals surface area contributed by atoms with Crippen molar-refractivity contribution in [1.29, 1.82) is 0 Å². The maximum atomic E-state index is 12.1. The van der Waals surface area contributed by atoms with E-state index in [0.717, 1.165) is 17.7 Å². The van der Waals surface area contributed by atoms with E-state index in [-0.39, 0.29) is 24.4 Å². The van der Waals surface area contributed by atoms with E-state index in [9.17, 15) is 14.4 Å². The molecule has 0 bridgehead atoms. The molecule has 1 saturated carbocycles. The Morgan fingerprint density at radius 2 is 2.00 bits per heavy atom. The van der Waals surface area contributed by atoms with Gasteiger partial charge in [-0.1, -0.05) is 26.7 Å². The van der Waals surface area contributed by atoms with Crippen LogP contribution in [-0.2, 0) is 9.59 Å². The van der Waals surface area contributed by atoms with Crippen LogP contribution in [0.2, 0.25) is 0 Å². The number of rotatable bonds is 3. The molecule has 0 aromatic rings. The number of carbonyl (C=O) groups excluding carboxylic acids is 3. The number of nitrogens with zero attached hydrogens (tertiary/aromatic N) is 1. The molecule has 0 radical (unpaired) electrons. The van der Waals surface area contributed by atoms with Gasteiger partial charge < -0.3 is 10.6 Å². The second-order valence-corrected chi connectivity index (χ2v) is 6.89. The Kier molecular flexibility index (Phi) is 4.25. The molecular formula is C15H25N3O3. The van der Waals surface area contributed by atoms with Crippen molar-refractivity contribution in [3.05, 3.63) is 0 Å². The van der Waals surface area contributed by atoms with Crippen molar-refractivity contribution in [2.45, 2.75) is 58.5 Å². The van der Waals surface area contributed by atoms with Crippen molar-refractivity contribution in [2.75, 3.05) is 6.54 Å². The monoisotopic (exact) mass is 295 g/mol. The SMILES string of the molecule is C[C@@H]1[C@H](C)CCC[C@H]1NC(=O)CN1C(=O)NC(C)(C)C1=O. The minimum Gasteiger partial charge on any atom is -0.352 e. The Hall–Kier alpha value is -1.59. The molecule has 6 nitrogen and oxygen atoms in total. The van der Waals surface area contributed by atoms with Gasteiger partial charge in [-0.25, -0.2) is 4.79 Å². The molecule has 6 heteroatoms. The third-order valence-electron chi connectivity index (χ3n) is 4.80. The molecule has 1 saturated heterocycles. The number of carbonyl (C=O) groups is 3. The normalized spacial score (nSPS) is 32.0. The van der Waals surface area contributed by atoms with E-state index in [0.29, 0.717) is 11.8 Å². The van der Waals surface area contributed by atoms with E-state index in [2.05, 4.69) is 24.5 Å². The van der Waals surface area contributed by atoms with Gasteiger partial charge in [0.1, 0.15) is 12.1 Å². The summed E-state index contributed by atoms with van der Waals surface area (Å²) >= 11 is 0. The van der Waals surface area contributed by atoms with Crippen LogP contribution >= 0.6 is 0 Å². The number of hydrogen-bond donors (Lipinski definition) is 2. The summed E-state index contributed by atoms with van der Waals surface area (Å²) in [6.45, 7) is 7.41. The first-order valence-corrected chi connectivity index (χ1v) is 7.66. The van der Waals surface area contributed by atoms with Crippen molar-refractivity contribution in [2.24, 2.45) is 11.8 Å². The predicted molar refractivity (Wildman–Crippen MR) is 78.4 cm³/mol. The van der Waals surface area contributed by atoms with Gasteiger partial charge in [0.15, 0.2) is 0 Å². The van der Waals surface area contributed by atoms with Crippen LogP contribution in [0.5, 0.6) is 0 Å². The second kappa shape index (κ2) is 5.66. The Balaban J connectivity index is 1.93. The topological polar surface area (TPSA) is 78.5 Å². The highest BCUT2D eigenvalue weighted by atomic mass is 16.2. The second-order valence-electron chi connectivity index (χ2n) is 6.89. The average molecular weight is 295 g/mol. The summed E-state index contributed by atoms with van der Waals surface area (Å²) in [5.74, 6) is 0.386. The molecular weight excluding hydrogens is 270 g/mol. The fourth-order valence-electron chi connectivity index (χ4n) is 3.14. The summed E-state index contributed by atoms with van der Waals surface area (Å²) in [6.07, 6.45) is 3.25. The molecule has 1 aliphatic heterocycles. The minimum absolute atomic E-state index is 0.134. The molecule has 2 rings (SSSR count). The lowest BCUT2D eigenvalue weighted by atomic mass is 9.78. The predicted octanol–water partition coefficient (Wildman–Crippen LogP) is 1.26. The average Bonchev–Trinajstić information content (AvgIpc) is 2.57. The molecule has 0 spiro atoms. The molecule has 4 amide bonds. The summed E-state index contributed by atoms with van der Waals surface area (Å²) in [7, 11) is 0. The molecule has 21 heavy (non-hydrogen) atoms. The van der Waals surface area contributed by atoms with Crippen molar-refractivity contribution < 1.29 is 14.4 Å². The van der Waals surface area contributed by atoms with E-state index in [1.165, 1.54) is 6.42 Å². The van der Waals surface area contributed by atoms with E-state index in [4.69, 9.17) is 0 Å². The van der Waals surface area contributed by atoms with Gasteiger partial charge in [-0.2, -0.15) is 0 Å². The zero-order valence-electron chi connectivity index (χ0n) is 13.2. The molecule has 0 aromatic carbocycles. The maximum Gasteiger partial charge on any atom is 0.325 e. The Morgan fingerprint density at radius 3 is 2.57 bits per heavy atom. The van der Waals surface area contributed by atoms with Gasteiger partial charge in [0.25, 0.3) is 5.91 Å². The van der Waals surface area contributed by atoms with Crippen molar-refractivity contribution in [1.82, 2.24) is 15.5 Å². The third kappa shape index (κ3) is 3.19. The summed E-state index contributed by atoms with van der Waals surface area (Å²) in [6, 6.07) is -0.361. The summed E-state index contributed by atoms with van der Waals surface area (Å²) in [5, 5.41) is 5.56.